The summed E-state index contributed by atoms with van der Waals surface area (Å²) >= 11 is 5.77. The molecule has 2 aromatic carbocycles. The maximum atomic E-state index is 12.1. The molecule has 0 spiro atoms. The normalized spacial score (nSPS) is 11.0. The molecule has 3 aromatic rings. The minimum atomic E-state index is -1.23. The quantitative estimate of drug-likeness (QED) is 0.172. The first kappa shape index (κ1) is 32.5. The number of hydrogen-bond acceptors (Lipinski definition) is 8. The first-order valence-electron chi connectivity index (χ1n) is 12.0. The van der Waals surface area contributed by atoms with Crippen molar-refractivity contribution in [1.82, 2.24) is 5.32 Å². The number of amides is 3. The van der Waals surface area contributed by atoms with Crippen molar-refractivity contribution in [3.05, 3.63) is 71.6 Å². The first-order chi connectivity index (χ1) is 19.5. The molecule has 41 heavy (non-hydrogen) atoms. The van der Waals surface area contributed by atoms with Crippen LogP contribution in [-0.4, -0.2) is 66.2 Å². The number of nitrogens with two attached hydrogens (primary N) is 1. The molecule has 1 atom stereocenters. The molecule has 0 aliphatic rings. The number of carbonyl (C=O) groups is 5. The first-order valence-corrected chi connectivity index (χ1v) is 12.4. The molecule has 3 amide bonds. The van der Waals surface area contributed by atoms with E-state index in [1.54, 1.807) is 36.8 Å². The summed E-state index contributed by atoms with van der Waals surface area (Å²) in [6, 6.07) is 12.4. The van der Waals surface area contributed by atoms with Crippen molar-refractivity contribution in [3.63, 3.8) is 0 Å². The molecule has 1 unspecified atom stereocenters. The van der Waals surface area contributed by atoms with Crippen LogP contribution in [0.2, 0.25) is 5.02 Å². The zero-order valence-corrected chi connectivity index (χ0v) is 22.6. The third-order valence-electron chi connectivity index (χ3n) is 5.28. The largest absolute Gasteiger partial charge is 0.480 e. The second kappa shape index (κ2) is 16.4. The highest BCUT2D eigenvalue weighted by molar-refractivity contribution is 6.31. The third kappa shape index (κ3) is 11.5. The lowest BCUT2D eigenvalue weighted by atomic mass is 10.1. The number of benzene rings is 2. The molecular formula is C27H29ClN4O9. The number of halogens is 1. The van der Waals surface area contributed by atoms with Crippen molar-refractivity contribution in [2.75, 3.05) is 30.9 Å². The Morgan fingerprint density at radius 1 is 0.976 bits per heavy atom. The van der Waals surface area contributed by atoms with Gasteiger partial charge in [0.25, 0.3) is 0 Å². The van der Waals surface area contributed by atoms with Gasteiger partial charge in [-0.1, -0.05) is 23.7 Å². The van der Waals surface area contributed by atoms with Gasteiger partial charge in [-0.2, -0.15) is 0 Å². The van der Waals surface area contributed by atoms with Gasteiger partial charge >= 0.3 is 11.9 Å². The van der Waals surface area contributed by atoms with Crippen LogP contribution in [0.25, 0.3) is 11.1 Å². The Bertz CT molecular complexity index is 1360. The number of rotatable bonds is 13. The van der Waals surface area contributed by atoms with E-state index in [0.717, 1.165) is 11.1 Å². The number of aliphatic carboxylic acids is 1. The minimum Gasteiger partial charge on any atom is -0.480 e. The molecule has 3 rings (SSSR count). The van der Waals surface area contributed by atoms with Gasteiger partial charge in [0.15, 0.2) is 0 Å². The van der Waals surface area contributed by atoms with E-state index in [0.29, 0.717) is 5.69 Å². The average Bonchev–Trinajstić information content (AvgIpc) is 3.45. The lowest BCUT2D eigenvalue weighted by Crippen LogP contribution is -2.34. The van der Waals surface area contributed by atoms with Gasteiger partial charge < -0.3 is 41.1 Å². The molecule has 0 fully saturated rings. The van der Waals surface area contributed by atoms with Crippen LogP contribution in [0.4, 0.5) is 11.4 Å². The molecule has 0 aliphatic carbocycles. The second-order valence-electron chi connectivity index (χ2n) is 8.36. The summed E-state index contributed by atoms with van der Waals surface area (Å²) < 4.78 is 10.2. The number of aromatic carboxylic acids is 1. The maximum absolute atomic E-state index is 12.1. The third-order valence-corrected chi connectivity index (χ3v) is 5.51. The van der Waals surface area contributed by atoms with E-state index in [4.69, 9.17) is 31.6 Å². The Morgan fingerprint density at radius 2 is 1.68 bits per heavy atom. The summed E-state index contributed by atoms with van der Waals surface area (Å²) in [7, 11) is 1.53. The van der Waals surface area contributed by atoms with Crippen molar-refractivity contribution in [2.24, 2.45) is 5.73 Å². The maximum Gasteiger partial charge on any atom is 0.337 e. The van der Waals surface area contributed by atoms with Crippen molar-refractivity contribution in [1.29, 1.82) is 0 Å². The molecule has 1 aromatic heterocycles. The zero-order valence-electron chi connectivity index (χ0n) is 21.9. The van der Waals surface area contributed by atoms with Crippen LogP contribution < -0.4 is 21.7 Å². The van der Waals surface area contributed by atoms with Gasteiger partial charge in [0.1, 0.15) is 19.3 Å². The van der Waals surface area contributed by atoms with Crippen LogP contribution in [0, 0.1) is 0 Å². The fraction of sp³-hybridized carbons (Fsp3) is 0.222. The van der Waals surface area contributed by atoms with E-state index < -0.39 is 42.3 Å². The predicted molar refractivity (Wildman–Crippen MR) is 150 cm³/mol. The lowest BCUT2D eigenvalue weighted by Gasteiger charge is -2.10. The lowest BCUT2D eigenvalue weighted by molar-refractivity contribution is -0.139. The van der Waals surface area contributed by atoms with E-state index in [-0.39, 0.29) is 35.7 Å². The molecule has 0 saturated heterocycles. The van der Waals surface area contributed by atoms with Crippen LogP contribution in [0.3, 0.4) is 0 Å². The summed E-state index contributed by atoms with van der Waals surface area (Å²) in [5, 5.41) is 25.5. The van der Waals surface area contributed by atoms with Crippen molar-refractivity contribution in [2.45, 2.75) is 18.9 Å². The average molecular weight is 589 g/mol. The molecule has 0 bridgehead atoms. The van der Waals surface area contributed by atoms with Gasteiger partial charge in [-0.15, -0.1) is 0 Å². The number of anilines is 2. The monoisotopic (exact) mass is 588 g/mol. The topological polar surface area (TPSA) is 210 Å². The van der Waals surface area contributed by atoms with Crippen molar-refractivity contribution >= 4 is 52.6 Å². The summed E-state index contributed by atoms with van der Waals surface area (Å²) in [6.07, 6.45) is 3.49. The van der Waals surface area contributed by atoms with E-state index >= 15 is 0 Å². The molecule has 14 heteroatoms. The SMILES string of the molecule is CNC(CCC(N)=O)C(=O)O.O=C(COCC(=O)Nc1ccc(Cl)cc1C(=O)O)Nc1cccc(-c2ccoc2)c1. The number of ether oxygens (including phenoxy) is 1. The highest BCUT2D eigenvalue weighted by atomic mass is 35.5. The van der Waals surface area contributed by atoms with Crippen molar-refractivity contribution in [3.8, 4) is 11.1 Å². The number of nitrogens with one attached hydrogen (secondary N) is 3. The second-order valence-corrected chi connectivity index (χ2v) is 8.80. The molecule has 218 valence electrons. The van der Waals surface area contributed by atoms with E-state index in [9.17, 15) is 29.1 Å². The van der Waals surface area contributed by atoms with Gasteiger partial charge in [-0.05, 0) is 55.4 Å². The van der Waals surface area contributed by atoms with Gasteiger partial charge in [0.2, 0.25) is 17.7 Å². The molecule has 13 nitrogen and oxygen atoms in total. The van der Waals surface area contributed by atoms with Crippen LogP contribution in [0.5, 0.6) is 0 Å². The van der Waals surface area contributed by atoms with E-state index in [1.807, 2.05) is 6.07 Å². The van der Waals surface area contributed by atoms with Crippen LogP contribution in [0.15, 0.2) is 65.5 Å². The van der Waals surface area contributed by atoms with E-state index in [2.05, 4.69) is 16.0 Å². The predicted octanol–water partition coefficient (Wildman–Crippen LogP) is 2.82. The molecule has 0 radical (unpaired) electrons. The number of carboxylic acids is 2. The number of likely N-dealkylation sites (N-methyl/N-ethyl adjacent to an activating group) is 1. The summed E-state index contributed by atoms with van der Waals surface area (Å²) in [4.78, 5) is 55.8. The Labute approximate surface area is 239 Å². The van der Waals surface area contributed by atoms with Gasteiger partial charge in [0, 0.05) is 22.7 Å². The van der Waals surface area contributed by atoms with Gasteiger partial charge in [-0.3, -0.25) is 19.2 Å². The number of carboxylic acid groups (broad SMARTS) is 2. The molecule has 0 saturated carbocycles. The number of carbonyl (C=O) groups excluding carboxylic acids is 3. The highest BCUT2D eigenvalue weighted by Crippen LogP contribution is 2.23. The molecule has 7 N–H and O–H groups in total. The molecule has 0 aliphatic heterocycles. The fourth-order valence-electron chi connectivity index (χ4n) is 3.31. The Balaban J connectivity index is 0.000000454. The summed E-state index contributed by atoms with van der Waals surface area (Å²) in [5.74, 6) is -3.72. The Morgan fingerprint density at radius 3 is 2.27 bits per heavy atom. The smallest absolute Gasteiger partial charge is 0.337 e. The number of hydrogen-bond donors (Lipinski definition) is 6. The van der Waals surface area contributed by atoms with Gasteiger partial charge in [-0.25, -0.2) is 4.79 Å². The number of furan rings is 1. The molecule has 1 heterocycles. The standard InChI is InChI=1S/C21H17ClN2O6.C6H12N2O3/c22-15-4-5-18(17(9-15)21(27)28)24-20(26)12-30-11-19(25)23-16-3-1-2-13(8-16)14-6-7-29-10-14;1-8-4(6(10)11)2-3-5(7)9/h1-10H,11-12H2,(H,23,25)(H,24,26)(H,27,28);4,8H,2-3H2,1H3,(H2,7,9)(H,10,11). The summed E-state index contributed by atoms with van der Waals surface area (Å²) in [5.41, 5.74) is 7.09. The van der Waals surface area contributed by atoms with Gasteiger partial charge in [0.05, 0.1) is 23.8 Å². The van der Waals surface area contributed by atoms with Crippen LogP contribution >= 0.6 is 11.6 Å². The fourth-order valence-corrected chi connectivity index (χ4v) is 3.48. The molecular weight excluding hydrogens is 560 g/mol. The summed E-state index contributed by atoms with van der Waals surface area (Å²) in [6.45, 7) is -0.778. The van der Waals surface area contributed by atoms with E-state index in [1.165, 1.54) is 25.2 Å². The highest BCUT2D eigenvalue weighted by Gasteiger charge is 2.15. The van der Waals surface area contributed by atoms with Crippen LogP contribution in [-0.2, 0) is 23.9 Å². The Kier molecular flexibility index (Phi) is 13.0. The zero-order chi connectivity index (χ0) is 30.4. The number of primary amides is 1. The Hall–Kier alpha value is -4.72. The van der Waals surface area contributed by atoms with Crippen LogP contribution in [0.1, 0.15) is 23.2 Å². The van der Waals surface area contributed by atoms with Crippen molar-refractivity contribution < 1.29 is 43.3 Å². The minimum absolute atomic E-state index is 0.0843.